The van der Waals surface area contributed by atoms with E-state index in [0.29, 0.717) is 5.02 Å². The molecule has 1 aromatic heterocycles. The van der Waals surface area contributed by atoms with Crippen LogP contribution in [0.3, 0.4) is 0 Å². The SMILES string of the molecule is CCCC1=C(C#N)C(c2ccccc2Cl)c2c(n[nH]c2CC)N1. The molecular formula is C18H19ClN4. The number of benzene rings is 1. The second-order valence-corrected chi connectivity index (χ2v) is 6.06. The highest BCUT2D eigenvalue weighted by atomic mass is 35.5. The van der Waals surface area contributed by atoms with Crippen molar-refractivity contribution in [3.63, 3.8) is 0 Å². The zero-order valence-electron chi connectivity index (χ0n) is 13.3. The minimum atomic E-state index is -0.166. The zero-order chi connectivity index (χ0) is 16.4. The number of aromatic amines is 1. The number of nitrogens with one attached hydrogen (secondary N) is 2. The van der Waals surface area contributed by atoms with Gasteiger partial charge in [0.2, 0.25) is 0 Å². The number of allylic oxidation sites excluding steroid dienone is 2. The molecule has 118 valence electrons. The summed E-state index contributed by atoms with van der Waals surface area (Å²) in [6.07, 6.45) is 2.60. The quantitative estimate of drug-likeness (QED) is 0.851. The molecule has 2 aromatic rings. The molecule has 0 spiro atoms. The molecule has 1 unspecified atom stereocenters. The third kappa shape index (κ3) is 2.62. The van der Waals surface area contributed by atoms with Crippen molar-refractivity contribution in [2.75, 3.05) is 5.32 Å². The lowest BCUT2D eigenvalue weighted by atomic mass is 9.81. The van der Waals surface area contributed by atoms with Gasteiger partial charge in [-0.05, 0) is 24.5 Å². The molecule has 2 N–H and O–H groups in total. The molecule has 0 aliphatic carbocycles. The maximum atomic E-state index is 9.82. The average molecular weight is 327 g/mol. The summed E-state index contributed by atoms with van der Waals surface area (Å²) in [6, 6.07) is 10.2. The molecule has 0 saturated heterocycles. The summed E-state index contributed by atoms with van der Waals surface area (Å²) in [4.78, 5) is 0. The van der Waals surface area contributed by atoms with Crippen LogP contribution in [-0.4, -0.2) is 10.2 Å². The lowest BCUT2D eigenvalue weighted by Gasteiger charge is -2.27. The van der Waals surface area contributed by atoms with Gasteiger partial charge in [0.05, 0.1) is 17.6 Å². The molecule has 1 atom stereocenters. The van der Waals surface area contributed by atoms with Crippen molar-refractivity contribution in [1.82, 2.24) is 10.2 Å². The predicted molar refractivity (Wildman–Crippen MR) is 92.4 cm³/mol. The Morgan fingerprint density at radius 3 is 2.74 bits per heavy atom. The predicted octanol–water partition coefficient (Wildman–Crippen LogP) is 4.76. The van der Waals surface area contributed by atoms with E-state index in [0.717, 1.165) is 53.2 Å². The molecule has 1 aliphatic rings. The van der Waals surface area contributed by atoms with E-state index in [9.17, 15) is 5.26 Å². The normalized spacial score (nSPS) is 16.7. The summed E-state index contributed by atoms with van der Waals surface area (Å²) >= 11 is 6.45. The van der Waals surface area contributed by atoms with Crippen LogP contribution in [0.4, 0.5) is 5.82 Å². The number of aryl methyl sites for hydroxylation is 1. The van der Waals surface area contributed by atoms with Crippen LogP contribution in [0.25, 0.3) is 0 Å². The van der Waals surface area contributed by atoms with Gasteiger partial charge in [-0.15, -0.1) is 0 Å². The van der Waals surface area contributed by atoms with Gasteiger partial charge < -0.3 is 5.32 Å². The Kier molecular flexibility index (Phi) is 4.40. The minimum absolute atomic E-state index is 0.166. The number of nitrogens with zero attached hydrogens (tertiary/aromatic N) is 2. The Morgan fingerprint density at radius 2 is 2.09 bits per heavy atom. The highest BCUT2D eigenvalue weighted by Crippen LogP contribution is 2.45. The van der Waals surface area contributed by atoms with Crippen LogP contribution in [-0.2, 0) is 6.42 Å². The Morgan fingerprint density at radius 1 is 1.30 bits per heavy atom. The molecule has 1 aromatic carbocycles. The molecule has 3 rings (SSSR count). The number of aromatic nitrogens is 2. The minimum Gasteiger partial charge on any atom is -0.341 e. The van der Waals surface area contributed by atoms with Gasteiger partial charge in [-0.25, -0.2) is 0 Å². The first-order valence-electron chi connectivity index (χ1n) is 7.92. The van der Waals surface area contributed by atoms with Gasteiger partial charge in [-0.3, -0.25) is 5.10 Å². The Balaban J connectivity index is 2.25. The molecule has 0 radical (unpaired) electrons. The van der Waals surface area contributed by atoms with Crippen molar-refractivity contribution in [1.29, 1.82) is 5.26 Å². The van der Waals surface area contributed by atoms with E-state index in [-0.39, 0.29) is 5.92 Å². The fourth-order valence-corrected chi connectivity index (χ4v) is 3.44. The second-order valence-electron chi connectivity index (χ2n) is 5.65. The number of anilines is 1. The smallest absolute Gasteiger partial charge is 0.156 e. The topological polar surface area (TPSA) is 64.5 Å². The van der Waals surface area contributed by atoms with E-state index < -0.39 is 0 Å². The number of H-pyrrole nitrogens is 1. The fourth-order valence-electron chi connectivity index (χ4n) is 3.19. The highest BCUT2D eigenvalue weighted by molar-refractivity contribution is 6.31. The third-order valence-electron chi connectivity index (χ3n) is 4.24. The molecule has 1 aliphatic heterocycles. The van der Waals surface area contributed by atoms with Gasteiger partial charge in [0.15, 0.2) is 5.82 Å². The largest absolute Gasteiger partial charge is 0.341 e. The lowest BCUT2D eigenvalue weighted by molar-refractivity contribution is 0.842. The first-order valence-corrected chi connectivity index (χ1v) is 8.30. The maximum absolute atomic E-state index is 9.82. The maximum Gasteiger partial charge on any atom is 0.156 e. The number of hydrogen-bond acceptors (Lipinski definition) is 3. The summed E-state index contributed by atoms with van der Waals surface area (Å²) in [7, 11) is 0. The Bertz CT molecular complexity index is 798. The van der Waals surface area contributed by atoms with Crippen LogP contribution in [0.5, 0.6) is 0 Å². The van der Waals surface area contributed by atoms with Crippen LogP contribution >= 0.6 is 11.6 Å². The van der Waals surface area contributed by atoms with Gasteiger partial charge in [0.25, 0.3) is 0 Å². The van der Waals surface area contributed by atoms with Crippen LogP contribution in [0.2, 0.25) is 5.02 Å². The van der Waals surface area contributed by atoms with E-state index >= 15 is 0 Å². The van der Waals surface area contributed by atoms with Crippen molar-refractivity contribution >= 4 is 17.4 Å². The summed E-state index contributed by atoms with van der Waals surface area (Å²) in [5, 5.41) is 21.4. The van der Waals surface area contributed by atoms with Crippen LogP contribution < -0.4 is 5.32 Å². The van der Waals surface area contributed by atoms with E-state index in [4.69, 9.17) is 11.6 Å². The summed E-state index contributed by atoms with van der Waals surface area (Å²) < 4.78 is 0. The average Bonchev–Trinajstić information content (AvgIpc) is 2.97. The van der Waals surface area contributed by atoms with Crippen molar-refractivity contribution < 1.29 is 0 Å². The van der Waals surface area contributed by atoms with Gasteiger partial charge in [-0.1, -0.05) is 50.1 Å². The molecular weight excluding hydrogens is 308 g/mol. The Labute approximate surface area is 141 Å². The van der Waals surface area contributed by atoms with Gasteiger partial charge in [-0.2, -0.15) is 10.4 Å². The number of fused-ring (bicyclic) bond motifs is 1. The molecule has 2 heterocycles. The first kappa shape index (κ1) is 15.6. The highest BCUT2D eigenvalue weighted by Gasteiger charge is 2.34. The molecule has 5 heteroatoms. The van der Waals surface area contributed by atoms with Crippen molar-refractivity contribution in [3.05, 3.63) is 57.4 Å². The molecule has 0 saturated carbocycles. The van der Waals surface area contributed by atoms with Crippen molar-refractivity contribution in [2.24, 2.45) is 0 Å². The van der Waals surface area contributed by atoms with E-state index in [1.54, 1.807) is 0 Å². The molecule has 0 bridgehead atoms. The van der Waals surface area contributed by atoms with Crippen LogP contribution in [0.1, 0.15) is 49.4 Å². The van der Waals surface area contributed by atoms with E-state index in [1.165, 1.54) is 0 Å². The number of hydrogen-bond donors (Lipinski definition) is 2. The summed E-state index contributed by atoms with van der Waals surface area (Å²) in [5.74, 6) is 0.648. The zero-order valence-corrected chi connectivity index (χ0v) is 14.0. The van der Waals surface area contributed by atoms with E-state index in [2.05, 4.69) is 35.4 Å². The lowest BCUT2D eigenvalue weighted by Crippen LogP contribution is -2.19. The molecule has 23 heavy (non-hydrogen) atoms. The second kappa shape index (κ2) is 6.47. The number of halogens is 1. The standard InChI is InChI=1S/C18H19ClN4/c1-3-7-15-12(10-20)16(11-8-5-6-9-13(11)19)17-14(4-2)22-23-18(17)21-15/h5-6,8-9,16H,3-4,7H2,1-2H3,(H2,21,22,23). The Hall–Kier alpha value is -2.25. The first-order chi connectivity index (χ1) is 11.2. The van der Waals surface area contributed by atoms with Gasteiger partial charge >= 0.3 is 0 Å². The van der Waals surface area contributed by atoms with Crippen molar-refractivity contribution in [3.8, 4) is 6.07 Å². The van der Waals surface area contributed by atoms with Gasteiger partial charge in [0.1, 0.15) is 0 Å². The third-order valence-corrected chi connectivity index (χ3v) is 4.59. The molecule has 4 nitrogen and oxygen atoms in total. The van der Waals surface area contributed by atoms with E-state index in [1.807, 2.05) is 24.3 Å². The number of rotatable bonds is 4. The molecule has 0 amide bonds. The van der Waals surface area contributed by atoms with Crippen LogP contribution in [0.15, 0.2) is 35.5 Å². The van der Waals surface area contributed by atoms with Gasteiger partial charge in [0, 0.05) is 22.0 Å². The summed E-state index contributed by atoms with van der Waals surface area (Å²) in [6.45, 7) is 4.18. The molecule has 0 fully saturated rings. The fraction of sp³-hybridized carbons (Fsp3) is 0.333. The van der Waals surface area contributed by atoms with Crippen molar-refractivity contribution in [2.45, 2.75) is 39.0 Å². The monoisotopic (exact) mass is 326 g/mol. The summed E-state index contributed by atoms with van der Waals surface area (Å²) in [5.41, 5.74) is 4.72. The van der Waals surface area contributed by atoms with Crippen LogP contribution in [0, 0.1) is 11.3 Å². The number of nitriles is 1.